The fourth-order valence-corrected chi connectivity index (χ4v) is 2.18. The Balaban J connectivity index is 2.54. The molecular weight excluding hydrogens is 192 g/mol. The number of benzene rings is 1. The lowest BCUT2D eigenvalue weighted by molar-refractivity contribution is 1.17. The van der Waals surface area contributed by atoms with E-state index in [2.05, 4.69) is 11.9 Å². The quantitative estimate of drug-likeness (QED) is 0.764. The minimum Gasteiger partial charge on any atom is -0.398 e. The minimum atomic E-state index is 0.799. The third kappa shape index (κ3) is 1.51. The van der Waals surface area contributed by atoms with Crippen LogP contribution in [0.1, 0.15) is 11.8 Å². The first-order chi connectivity index (χ1) is 6.83. The molecule has 0 atom stereocenters. The fraction of sp³-hybridized carbons (Fsp3) is 0.182. The molecule has 2 nitrogen and oxygen atoms in total. The van der Waals surface area contributed by atoms with Crippen molar-refractivity contribution < 1.29 is 0 Å². The molecule has 0 unspecified atom stereocenters. The van der Waals surface area contributed by atoms with Gasteiger partial charge in [0.2, 0.25) is 0 Å². The Bertz CT molecular complexity index is 434. The second kappa shape index (κ2) is 3.80. The average molecular weight is 204 g/mol. The first-order valence-electron chi connectivity index (χ1n) is 4.60. The number of nitrogens with two attached hydrogens (primary N) is 1. The summed E-state index contributed by atoms with van der Waals surface area (Å²) in [4.78, 5) is 5.65. The Morgan fingerprint density at radius 2 is 2.14 bits per heavy atom. The molecule has 0 aliphatic rings. The Morgan fingerprint density at radius 3 is 2.86 bits per heavy atom. The van der Waals surface area contributed by atoms with Crippen molar-refractivity contribution in [1.29, 1.82) is 0 Å². The molecule has 2 aromatic rings. The van der Waals surface area contributed by atoms with E-state index in [0.29, 0.717) is 0 Å². The van der Waals surface area contributed by atoms with E-state index in [9.17, 15) is 0 Å². The van der Waals surface area contributed by atoms with Gasteiger partial charge < -0.3 is 5.73 Å². The largest absolute Gasteiger partial charge is 0.398 e. The van der Waals surface area contributed by atoms with Gasteiger partial charge in [-0.05, 0) is 12.5 Å². The third-order valence-electron chi connectivity index (χ3n) is 2.18. The Labute approximate surface area is 87.4 Å². The second-order valence-corrected chi connectivity index (χ2v) is 4.00. The average Bonchev–Trinajstić information content (AvgIpc) is 2.66. The summed E-state index contributed by atoms with van der Waals surface area (Å²) in [5.74, 6) is 0. The maximum Gasteiger partial charge on any atom is 0.0863 e. The van der Waals surface area contributed by atoms with Gasteiger partial charge in [-0.3, -0.25) is 0 Å². The first kappa shape index (κ1) is 9.21. The Hall–Kier alpha value is -1.35. The van der Waals surface area contributed by atoms with Crippen molar-refractivity contribution in [1.82, 2.24) is 4.98 Å². The summed E-state index contributed by atoms with van der Waals surface area (Å²) < 4.78 is 0. The van der Waals surface area contributed by atoms with Crippen LogP contribution in [-0.2, 0) is 6.42 Å². The summed E-state index contributed by atoms with van der Waals surface area (Å²) >= 11 is 1.69. The van der Waals surface area contributed by atoms with Crippen LogP contribution in [0.2, 0.25) is 0 Å². The highest BCUT2D eigenvalue weighted by Gasteiger charge is 2.08. The highest BCUT2D eigenvalue weighted by Crippen LogP contribution is 2.29. The van der Waals surface area contributed by atoms with Gasteiger partial charge in [0.05, 0.1) is 11.2 Å². The monoisotopic (exact) mass is 204 g/mol. The smallest absolute Gasteiger partial charge is 0.0863 e. The number of rotatable bonds is 2. The standard InChI is InChI=1S/C11H12N2S/c1-2-10-11(13-7-14-10)8-5-3-4-6-9(8)12/h3-7H,2,12H2,1H3. The lowest BCUT2D eigenvalue weighted by atomic mass is 10.1. The molecule has 0 saturated carbocycles. The zero-order valence-corrected chi connectivity index (χ0v) is 8.84. The van der Waals surface area contributed by atoms with Gasteiger partial charge in [-0.2, -0.15) is 0 Å². The van der Waals surface area contributed by atoms with Crippen molar-refractivity contribution in [2.75, 3.05) is 5.73 Å². The van der Waals surface area contributed by atoms with Gasteiger partial charge in [-0.15, -0.1) is 11.3 Å². The van der Waals surface area contributed by atoms with Crippen LogP contribution in [0.5, 0.6) is 0 Å². The predicted molar refractivity (Wildman–Crippen MR) is 61.3 cm³/mol. The van der Waals surface area contributed by atoms with Crippen LogP contribution in [0.3, 0.4) is 0 Å². The van der Waals surface area contributed by atoms with Gasteiger partial charge in [0.25, 0.3) is 0 Å². The van der Waals surface area contributed by atoms with Crippen LogP contribution >= 0.6 is 11.3 Å². The van der Waals surface area contributed by atoms with Gasteiger partial charge in [0.1, 0.15) is 0 Å². The molecule has 2 N–H and O–H groups in total. The Morgan fingerprint density at radius 1 is 1.36 bits per heavy atom. The number of aromatic nitrogens is 1. The molecule has 1 aromatic heterocycles. The van der Waals surface area contributed by atoms with Crippen LogP contribution in [0, 0.1) is 0 Å². The molecule has 0 aliphatic carbocycles. The van der Waals surface area contributed by atoms with E-state index in [1.165, 1.54) is 4.88 Å². The molecule has 0 spiro atoms. The maximum absolute atomic E-state index is 5.90. The molecule has 72 valence electrons. The van der Waals surface area contributed by atoms with Crippen molar-refractivity contribution >= 4 is 17.0 Å². The van der Waals surface area contributed by atoms with E-state index in [1.54, 1.807) is 11.3 Å². The fourth-order valence-electron chi connectivity index (χ4n) is 1.45. The molecule has 2 rings (SSSR count). The van der Waals surface area contributed by atoms with Crippen molar-refractivity contribution in [2.45, 2.75) is 13.3 Å². The normalized spacial score (nSPS) is 10.4. The topological polar surface area (TPSA) is 38.9 Å². The summed E-state index contributed by atoms with van der Waals surface area (Å²) in [5.41, 5.74) is 10.7. The highest BCUT2D eigenvalue weighted by molar-refractivity contribution is 7.10. The molecule has 0 fully saturated rings. The lowest BCUT2D eigenvalue weighted by Gasteiger charge is -2.03. The van der Waals surface area contributed by atoms with E-state index in [-0.39, 0.29) is 0 Å². The van der Waals surface area contributed by atoms with E-state index in [0.717, 1.165) is 23.4 Å². The van der Waals surface area contributed by atoms with Gasteiger partial charge in [0, 0.05) is 16.1 Å². The number of anilines is 1. The predicted octanol–water partition coefficient (Wildman–Crippen LogP) is 2.95. The van der Waals surface area contributed by atoms with Crippen LogP contribution in [0.15, 0.2) is 29.8 Å². The maximum atomic E-state index is 5.90. The van der Waals surface area contributed by atoms with E-state index in [4.69, 9.17) is 5.73 Å². The first-order valence-corrected chi connectivity index (χ1v) is 5.48. The molecular formula is C11H12N2S. The van der Waals surface area contributed by atoms with Crippen LogP contribution < -0.4 is 5.73 Å². The van der Waals surface area contributed by atoms with Crippen LogP contribution in [-0.4, -0.2) is 4.98 Å². The van der Waals surface area contributed by atoms with Crippen LogP contribution in [0.25, 0.3) is 11.3 Å². The van der Waals surface area contributed by atoms with Crippen molar-refractivity contribution in [3.8, 4) is 11.3 Å². The molecule has 1 aromatic carbocycles. The SMILES string of the molecule is CCc1scnc1-c1ccccc1N. The van der Waals surface area contributed by atoms with Crippen LogP contribution in [0.4, 0.5) is 5.69 Å². The molecule has 1 heterocycles. The van der Waals surface area contributed by atoms with E-state index >= 15 is 0 Å². The molecule has 3 heteroatoms. The summed E-state index contributed by atoms with van der Waals surface area (Å²) in [6, 6.07) is 7.86. The summed E-state index contributed by atoms with van der Waals surface area (Å²) in [6.45, 7) is 2.14. The molecule has 0 radical (unpaired) electrons. The summed E-state index contributed by atoms with van der Waals surface area (Å²) in [5, 5.41) is 0. The van der Waals surface area contributed by atoms with Gasteiger partial charge in [0.15, 0.2) is 0 Å². The Kier molecular flexibility index (Phi) is 2.50. The molecule has 0 amide bonds. The molecule has 14 heavy (non-hydrogen) atoms. The second-order valence-electron chi connectivity index (χ2n) is 3.06. The highest BCUT2D eigenvalue weighted by atomic mass is 32.1. The lowest BCUT2D eigenvalue weighted by Crippen LogP contribution is -1.91. The minimum absolute atomic E-state index is 0.799. The van der Waals surface area contributed by atoms with Crippen molar-refractivity contribution in [3.63, 3.8) is 0 Å². The number of para-hydroxylation sites is 1. The zero-order valence-electron chi connectivity index (χ0n) is 8.03. The van der Waals surface area contributed by atoms with Gasteiger partial charge >= 0.3 is 0 Å². The number of nitrogen functional groups attached to an aromatic ring is 1. The number of hydrogen-bond donors (Lipinski definition) is 1. The third-order valence-corrected chi connectivity index (χ3v) is 3.16. The summed E-state index contributed by atoms with van der Waals surface area (Å²) in [7, 11) is 0. The van der Waals surface area contributed by atoms with Gasteiger partial charge in [-0.25, -0.2) is 4.98 Å². The van der Waals surface area contributed by atoms with E-state index in [1.807, 2.05) is 29.8 Å². The molecule has 0 aliphatic heterocycles. The number of aryl methyl sites for hydroxylation is 1. The number of thiazole rings is 1. The molecule has 0 bridgehead atoms. The van der Waals surface area contributed by atoms with Gasteiger partial charge in [-0.1, -0.05) is 25.1 Å². The number of nitrogens with zero attached hydrogens (tertiary/aromatic N) is 1. The van der Waals surface area contributed by atoms with E-state index < -0.39 is 0 Å². The van der Waals surface area contributed by atoms with Crippen molar-refractivity contribution in [2.24, 2.45) is 0 Å². The zero-order chi connectivity index (χ0) is 9.97. The molecule has 0 saturated heterocycles. The van der Waals surface area contributed by atoms with Crippen molar-refractivity contribution in [3.05, 3.63) is 34.7 Å². The summed E-state index contributed by atoms with van der Waals surface area (Å²) in [6.07, 6.45) is 1.01. The number of hydrogen-bond acceptors (Lipinski definition) is 3.